The third kappa shape index (κ3) is 3.78. The summed E-state index contributed by atoms with van der Waals surface area (Å²) in [5, 5.41) is 7.02. The fourth-order valence-electron chi connectivity index (χ4n) is 3.23. The highest BCUT2D eigenvalue weighted by Gasteiger charge is 2.26. The minimum atomic E-state index is -0.429. The van der Waals surface area contributed by atoms with Gasteiger partial charge in [-0.3, -0.25) is 4.79 Å². The van der Waals surface area contributed by atoms with Crippen molar-refractivity contribution in [2.45, 2.75) is 39.8 Å². The van der Waals surface area contributed by atoms with E-state index in [4.69, 9.17) is 8.94 Å². The Morgan fingerprint density at radius 2 is 2.14 bits per heavy atom. The number of nitrogens with zero attached hydrogens (tertiary/aromatic N) is 4. The van der Waals surface area contributed by atoms with E-state index in [1.807, 2.05) is 38.4 Å². The molecule has 4 aromatic rings. The second kappa shape index (κ2) is 7.90. The van der Waals surface area contributed by atoms with Gasteiger partial charge in [-0.1, -0.05) is 25.9 Å². The van der Waals surface area contributed by atoms with E-state index in [-0.39, 0.29) is 17.6 Å². The van der Waals surface area contributed by atoms with Gasteiger partial charge < -0.3 is 18.8 Å². The molecule has 0 saturated carbocycles. The van der Waals surface area contributed by atoms with Gasteiger partial charge in [0.25, 0.3) is 5.91 Å². The van der Waals surface area contributed by atoms with Crippen molar-refractivity contribution >= 4 is 16.9 Å². The summed E-state index contributed by atoms with van der Waals surface area (Å²) in [5.74, 6) is 0.783. The Bertz CT molecular complexity index is 1110. The van der Waals surface area contributed by atoms with Crippen LogP contribution in [0.5, 0.6) is 0 Å². The molecule has 3 heterocycles. The maximum Gasteiger partial charge on any atom is 0.287 e. The Hall–Kier alpha value is -3.42. The van der Waals surface area contributed by atoms with Crippen LogP contribution in [0.4, 0.5) is 0 Å². The zero-order valence-electron chi connectivity index (χ0n) is 16.6. The summed E-state index contributed by atoms with van der Waals surface area (Å²) in [4.78, 5) is 21.4. The van der Waals surface area contributed by atoms with Crippen LogP contribution in [0, 0.1) is 5.92 Å². The summed E-state index contributed by atoms with van der Waals surface area (Å²) in [6.45, 7) is 7.01. The molecule has 0 radical (unpaired) electrons. The minimum absolute atomic E-state index is 0.0504. The topological polar surface area (TPSA) is 99.0 Å². The number of imidazole rings is 1. The number of furan rings is 1. The standard InChI is InChI=1S/C21H23N5O3/c1-4-9-26-12-22-15-11-14(7-8-16(15)26)19-24-21(29-25-19)18(13(2)3)23-20(27)17-6-5-10-28-17/h5-8,10-13,18H,4,9H2,1-3H3,(H,23,27). The molecule has 1 unspecified atom stereocenters. The zero-order valence-corrected chi connectivity index (χ0v) is 16.6. The number of benzene rings is 1. The van der Waals surface area contributed by atoms with Crippen molar-refractivity contribution in [3.8, 4) is 11.4 Å². The maximum absolute atomic E-state index is 12.4. The molecule has 3 aromatic heterocycles. The Morgan fingerprint density at radius 3 is 2.86 bits per heavy atom. The van der Waals surface area contributed by atoms with Gasteiger partial charge in [-0.2, -0.15) is 4.98 Å². The summed E-state index contributed by atoms with van der Waals surface area (Å²) in [6.07, 6.45) is 4.35. The summed E-state index contributed by atoms with van der Waals surface area (Å²) in [6, 6.07) is 8.77. The van der Waals surface area contributed by atoms with E-state index in [9.17, 15) is 4.79 Å². The SMILES string of the molecule is CCCn1cnc2cc(-c3noc(C(NC(=O)c4ccco4)C(C)C)n3)ccc21. The van der Waals surface area contributed by atoms with Crippen molar-refractivity contribution < 1.29 is 13.7 Å². The van der Waals surface area contributed by atoms with Gasteiger partial charge in [0.05, 0.1) is 23.6 Å². The highest BCUT2D eigenvalue weighted by molar-refractivity contribution is 5.91. The lowest BCUT2D eigenvalue weighted by molar-refractivity contribution is 0.0885. The third-order valence-electron chi connectivity index (χ3n) is 4.75. The van der Waals surface area contributed by atoms with Crippen molar-refractivity contribution in [3.05, 3.63) is 54.6 Å². The average molecular weight is 393 g/mol. The Balaban J connectivity index is 1.59. The second-order valence-corrected chi connectivity index (χ2v) is 7.27. The van der Waals surface area contributed by atoms with Crippen LogP contribution in [0.3, 0.4) is 0 Å². The number of aromatic nitrogens is 4. The van der Waals surface area contributed by atoms with Crippen molar-refractivity contribution in [1.29, 1.82) is 0 Å². The van der Waals surface area contributed by atoms with Gasteiger partial charge in [-0.15, -0.1) is 0 Å². The number of fused-ring (bicyclic) bond motifs is 1. The lowest BCUT2D eigenvalue weighted by atomic mass is 10.0. The molecule has 8 nitrogen and oxygen atoms in total. The van der Waals surface area contributed by atoms with Crippen molar-refractivity contribution in [3.63, 3.8) is 0 Å². The minimum Gasteiger partial charge on any atom is -0.459 e. The first-order valence-electron chi connectivity index (χ1n) is 9.70. The highest BCUT2D eigenvalue weighted by Crippen LogP contribution is 2.26. The first kappa shape index (κ1) is 18.9. The Labute approximate surface area is 167 Å². The lowest BCUT2D eigenvalue weighted by Gasteiger charge is -2.17. The van der Waals surface area contributed by atoms with Crippen molar-refractivity contribution in [2.75, 3.05) is 0 Å². The van der Waals surface area contributed by atoms with E-state index in [0.717, 1.165) is 29.6 Å². The van der Waals surface area contributed by atoms with Crippen LogP contribution in [0.2, 0.25) is 0 Å². The summed E-state index contributed by atoms with van der Waals surface area (Å²) >= 11 is 0. The molecular weight excluding hydrogens is 370 g/mol. The molecule has 1 aromatic carbocycles. The summed E-state index contributed by atoms with van der Waals surface area (Å²) < 4.78 is 12.8. The van der Waals surface area contributed by atoms with Crippen LogP contribution < -0.4 is 5.32 Å². The fraction of sp³-hybridized carbons (Fsp3) is 0.333. The van der Waals surface area contributed by atoms with Gasteiger partial charge in [-0.25, -0.2) is 4.98 Å². The van der Waals surface area contributed by atoms with Crippen molar-refractivity contribution in [2.24, 2.45) is 5.92 Å². The molecule has 0 fully saturated rings. The van der Waals surface area contributed by atoms with Crippen molar-refractivity contribution in [1.82, 2.24) is 25.0 Å². The molecular formula is C21H23N5O3. The smallest absolute Gasteiger partial charge is 0.287 e. The Kier molecular flexibility index (Phi) is 5.16. The second-order valence-electron chi connectivity index (χ2n) is 7.27. The predicted octanol–water partition coefficient (Wildman–Crippen LogP) is 4.22. The number of nitrogens with one attached hydrogen (secondary N) is 1. The lowest BCUT2D eigenvalue weighted by Crippen LogP contribution is -2.31. The number of carbonyl (C=O) groups is 1. The number of rotatable bonds is 7. The highest BCUT2D eigenvalue weighted by atomic mass is 16.5. The molecule has 0 aliphatic heterocycles. The molecule has 1 atom stereocenters. The van der Waals surface area contributed by atoms with Crippen LogP contribution in [0.1, 0.15) is 49.7 Å². The largest absolute Gasteiger partial charge is 0.459 e. The molecule has 4 rings (SSSR count). The Morgan fingerprint density at radius 1 is 1.28 bits per heavy atom. The van der Waals surface area contributed by atoms with Gasteiger partial charge >= 0.3 is 0 Å². The van der Waals surface area contributed by atoms with Crippen LogP contribution in [0.25, 0.3) is 22.4 Å². The van der Waals surface area contributed by atoms with Crippen LogP contribution in [0.15, 0.2) is 51.9 Å². The van der Waals surface area contributed by atoms with E-state index in [0.29, 0.717) is 11.7 Å². The molecule has 0 spiro atoms. The van der Waals surface area contributed by atoms with Gasteiger partial charge in [0, 0.05) is 12.1 Å². The summed E-state index contributed by atoms with van der Waals surface area (Å²) in [7, 11) is 0. The van der Waals surface area contributed by atoms with Gasteiger partial charge in [-0.05, 0) is 42.7 Å². The monoisotopic (exact) mass is 393 g/mol. The average Bonchev–Trinajstić information content (AvgIpc) is 3.46. The van der Waals surface area contributed by atoms with E-state index in [2.05, 4.69) is 31.9 Å². The van der Waals surface area contributed by atoms with Crippen LogP contribution in [-0.4, -0.2) is 25.6 Å². The van der Waals surface area contributed by atoms with Gasteiger partial charge in [0.1, 0.15) is 6.04 Å². The zero-order chi connectivity index (χ0) is 20.4. The number of hydrogen-bond donors (Lipinski definition) is 1. The molecule has 0 bridgehead atoms. The van der Waals surface area contributed by atoms with Crippen LogP contribution in [-0.2, 0) is 6.54 Å². The van der Waals surface area contributed by atoms with Gasteiger partial charge in [0.15, 0.2) is 5.76 Å². The number of amides is 1. The molecule has 8 heteroatoms. The molecule has 0 aliphatic carbocycles. The first-order chi connectivity index (χ1) is 14.1. The number of aryl methyl sites for hydroxylation is 1. The molecule has 0 aliphatic rings. The fourth-order valence-corrected chi connectivity index (χ4v) is 3.23. The molecule has 0 saturated heterocycles. The number of hydrogen-bond acceptors (Lipinski definition) is 6. The predicted molar refractivity (Wildman–Crippen MR) is 107 cm³/mol. The maximum atomic E-state index is 12.4. The van der Waals surface area contributed by atoms with E-state index < -0.39 is 6.04 Å². The van der Waals surface area contributed by atoms with E-state index in [1.54, 1.807) is 12.1 Å². The van der Waals surface area contributed by atoms with Gasteiger partial charge in [0.2, 0.25) is 11.7 Å². The quantitative estimate of drug-likeness (QED) is 0.505. The number of carbonyl (C=O) groups excluding carboxylic acids is 1. The van der Waals surface area contributed by atoms with E-state index in [1.165, 1.54) is 6.26 Å². The first-order valence-corrected chi connectivity index (χ1v) is 9.70. The molecule has 1 N–H and O–H groups in total. The third-order valence-corrected chi connectivity index (χ3v) is 4.75. The summed E-state index contributed by atoms with van der Waals surface area (Å²) in [5.41, 5.74) is 2.77. The van der Waals surface area contributed by atoms with Crippen LogP contribution >= 0.6 is 0 Å². The normalized spacial score (nSPS) is 12.6. The molecule has 29 heavy (non-hydrogen) atoms. The van der Waals surface area contributed by atoms with E-state index >= 15 is 0 Å². The molecule has 150 valence electrons. The molecule has 1 amide bonds.